The van der Waals surface area contributed by atoms with E-state index in [4.69, 9.17) is 0 Å². The maximum absolute atomic E-state index is 13.1. The molecule has 3 N–H and O–H groups in total. The summed E-state index contributed by atoms with van der Waals surface area (Å²) in [6.07, 6.45) is 7.98. The predicted molar refractivity (Wildman–Crippen MR) is 108 cm³/mol. The molecular formula is C21H24N6O2. The van der Waals surface area contributed by atoms with Crippen LogP contribution in [0.15, 0.2) is 43.0 Å². The summed E-state index contributed by atoms with van der Waals surface area (Å²) >= 11 is 0. The minimum absolute atomic E-state index is 0.0139. The molecule has 3 aromatic rings. The zero-order valence-corrected chi connectivity index (χ0v) is 16.1. The van der Waals surface area contributed by atoms with E-state index in [-0.39, 0.29) is 23.8 Å². The first kappa shape index (κ1) is 18.1. The van der Waals surface area contributed by atoms with Crippen LogP contribution in [0.2, 0.25) is 0 Å². The van der Waals surface area contributed by atoms with Crippen LogP contribution in [0, 0.1) is 11.3 Å². The number of nitrogens with zero attached hydrogens (tertiary/aromatic N) is 4. The molecule has 1 amide bonds. The number of hydrogen-bond donors (Lipinski definition) is 3. The van der Waals surface area contributed by atoms with Gasteiger partial charge in [-0.25, -0.2) is 9.97 Å². The van der Waals surface area contributed by atoms with E-state index in [1.54, 1.807) is 12.5 Å². The summed E-state index contributed by atoms with van der Waals surface area (Å²) in [7, 11) is 0. The number of rotatable bonds is 5. The van der Waals surface area contributed by atoms with Crippen LogP contribution in [0.1, 0.15) is 31.0 Å². The monoisotopic (exact) mass is 392 g/mol. The van der Waals surface area contributed by atoms with Gasteiger partial charge in [0, 0.05) is 31.4 Å². The van der Waals surface area contributed by atoms with Gasteiger partial charge < -0.3 is 20.3 Å². The van der Waals surface area contributed by atoms with E-state index >= 15 is 0 Å². The second-order valence-electron chi connectivity index (χ2n) is 8.06. The largest absolute Gasteiger partial charge is 0.394 e. The van der Waals surface area contributed by atoms with Gasteiger partial charge in [-0.1, -0.05) is 6.07 Å². The molecule has 8 heteroatoms. The molecule has 150 valence electrons. The molecule has 8 nitrogen and oxygen atoms in total. The topological polar surface area (TPSA) is 107 Å². The summed E-state index contributed by atoms with van der Waals surface area (Å²) in [4.78, 5) is 31.6. The number of aromatic nitrogens is 4. The number of pyridine rings is 1. The number of amides is 1. The van der Waals surface area contributed by atoms with Crippen molar-refractivity contribution in [1.29, 1.82) is 0 Å². The molecule has 29 heavy (non-hydrogen) atoms. The van der Waals surface area contributed by atoms with Crippen LogP contribution in [-0.4, -0.2) is 50.6 Å². The Morgan fingerprint density at radius 3 is 2.97 bits per heavy atom. The second-order valence-corrected chi connectivity index (χ2v) is 8.06. The molecule has 1 aliphatic heterocycles. The molecule has 2 fully saturated rings. The summed E-state index contributed by atoms with van der Waals surface area (Å²) in [5, 5.41) is 13.8. The van der Waals surface area contributed by atoms with Crippen molar-refractivity contribution in [2.75, 3.05) is 24.6 Å². The van der Waals surface area contributed by atoms with Crippen LogP contribution >= 0.6 is 0 Å². The Bertz CT molecular complexity index is 1020. The number of H-pyrrole nitrogens is 1. The van der Waals surface area contributed by atoms with Gasteiger partial charge in [0.05, 0.1) is 23.7 Å². The Morgan fingerprint density at radius 1 is 1.31 bits per heavy atom. The fourth-order valence-corrected chi connectivity index (χ4v) is 4.60. The number of carbonyl (C=O) groups excluding carboxylic acids is 1. The van der Waals surface area contributed by atoms with Crippen molar-refractivity contribution in [3.8, 4) is 0 Å². The first-order chi connectivity index (χ1) is 14.2. The third-order valence-corrected chi connectivity index (χ3v) is 6.32. The number of aliphatic hydroxyl groups is 1. The van der Waals surface area contributed by atoms with Crippen molar-refractivity contribution in [2.24, 2.45) is 11.3 Å². The van der Waals surface area contributed by atoms with E-state index in [1.807, 2.05) is 30.5 Å². The number of hydrogen-bond acceptors (Lipinski definition) is 6. The molecule has 2 atom stereocenters. The number of nitrogens with one attached hydrogen (secondary N) is 2. The Morgan fingerprint density at radius 2 is 2.21 bits per heavy atom. The van der Waals surface area contributed by atoms with Gasteiger partial charge in [-0.2, -0.15) is 0 Å². The highest BCUT2D eigenvalue weighted by Gasteiger charge is 2.55. The Hall–Kier alpha value is -3.00. The molecule has 5 rings (SSSR count). The fourth-order valence-electron chi connectivity index (χ4n) is 4.60. The van der Waals surface area contributed by atoms with E-state index < -0.39 is 6.04 Å². The molecule has 3 aromatic heterocycles. The minimum atomic E-state index is -0.473. The van der Waals surface area contributed by atoms with Gasteiger partial charge in [0.15, 0.2) is 0 Å². The highest BCUT2D eigenvalue weighted by molar-refractivity contribution is 5.87. The van der Waals surface area contributed by atoms with Crippen molar-refractivity contribution < 1.29 is 9.90 Å². The molecule has 0 aromatic carbocycles. The number of anilines is 1. The summed E-state index contributed by atoms with van der Waals surface area (Å²) in [5.41, 5.74) is 1.50. The van der Waals surface area contributed by atoms with Crippen LogP contribution in [0.3, 0.4) is 0 Å². The van der Waals surface area contributed by atoms with Gasteiger partial charge in [0.1, 0.15) is 17.8 Å². The summed E-state index contributed by atoms with van der Waals surface area (Å²) in [6.45, 7) is 1.42. The molecular weight excluding hydrogens is 368 g/mol. The lowest BCUT2D eigenvalue weighted by molar-refractivity contribution is -0.129. The minimum Gasteiger partial charge on any atom is -0.394 e. The SMILES string of the molecule is O=C(N[C@@H](CO)c1ccccn1)C1CCN(c2ncnc3[nH]ccc23)CC12CC2. The maximum Gasteiger partial charge on any atom is 0.224 e. The van der Waals surface area contributed by atoms with Crippen molar-refractivity contribution in [3.05, 3.63) is 48.7 Å². The normalized spacial score (nSPS) is 21.3. The van der Waals surface area contributed by atoms with E-state index in [0.29, 0.717) is 5.69 Å². The lowest BCUT2D eigenvalue weighted by Crippen LogP contribution is -2.49. The van der Waals surface area contributed by atoms with Crippen molar-refractivity contribution in [1.82, 2.24) is 25.3 Å². The fraction of sp³-hybridized carbons (Fsp3) is 0.429. The van der Waals surface area contributed by atoms with Crippen molar-refractivity contribution in [3.63, 3.8) is 0 Å². The maximum atomic E-state index is 13.1. The first-order valence-electron chi connectivity index (χ1n) is 10.1. The Balaban J connectivity index is 1.32. The Kier molecular flexibility index (Phi) is 4.43. The highest BCUT2D eigenvalue weighted by Crippen LogP contribution is 2.56. The standard InChI is InChI=1S/C21H24N6O2/c28-11-17(16-3-1-2-8-22-16)26-20(29)15-5-10-27(12-21(15)6-7-21)19-14-4-9-23-18(14)24-13-25-19/h1-4,8-9,13,15,17,28H,5-7,10-12H2,(H,26,29)(H,23,24,25)/t15?,17-/m0/s1. The second kappa shape index (κ2) is 7.11. The van der Waals surface area contributed by atoms with Gasteiger partial charge in [-0.3, -0.25) is 9.78 Å². The average molecular weight is 392 g/mol. The summed E-state index contributed by atoms with van der Waals surface area (Å²) in [6, 6.07) is 7.04. The average Bonchev–Trinajstić information content (AvgIpc) is 3.34. The third-order valence-electron chi connectivity index (χ3n) is 6.32. The number of aliphatic hydroxyl groups excluding tert-OH is 1. The molecule has 0 bridgehead atoms. The molecule has 1 saturated carbocycles. The lowest BCUT2D eigenvalue weighted by Gasteiger charge is -2.39. The summed E-state index contributed by atoms with van der Waals surface area (Å²) in [5.74, 6) is 0.893. The van der Waals surface area contributed by atoms with Gasteiger partial charge in [0.25, 0.3) is 0 Å². The molecule has 1 aliphatic carbocycles. The van der Waals surface area contributed by atoms with E-state index in [1.165, 1.54) is 0 Å². The highest BCUT2D eigenvalue weighted by atomic mass is 16.3. The number of aromatic amines is 1. The zero-order valence-electron chi connectivity index (χ0n) is 16.1. The van der Waals surface area contributed by atoms with Gasteiger partial charge >= 0.3 is 0 Å². The van der Waals surface area contributed by atoms with Crippen molar-refractivity contribution in [2.45, 2.75) is 25.3 Å². The smallest absolute Gasteiger partial charge is 0.224 e. The molecule has 0 radical (unpaired) electrons. The van der Waals surface area contributed by atoms with Gasteiger partial charge in [0.2, 0.25) is 5.91 Å². The number of piperidine rings is 1. The summed E-state index contributed by atoms with van der Waals surface area (Å²) < 4.78 is 0. The zero-order chi connectivity index (χ0) is 19.8. The van der Waals surface area contributed by atoms with E-state index in [0.717, 1.165) is 49.2 Å². The van der Waals surface area contributed by atoms with Crippen molar-refractivity contribution >= 4 is 22.8 Å². The number of fused-ring (bicyclic) bond motifs is 1. The van der Waals surface area contributed by atoms with Crippen LogP contribution in [0.25, 0.3) is 11.0 Å². The molecule has 4 heterocycles. The third kappa shape index (κ3) is 3.23. The first-order valence-corrected chi connectivity index (χ1v) is 10.1. The predicted octanol–water partition coefficient (Wildman–Crippen LogP) is 1.81. The molecule has 1 saturated heterocycles. The lowest BCUT2D eigenvalue weighted by atomic mass is 9.81. The molecule has 2 aliphatic rings. The van der Waals surface area contributed by atoms with E-state index in [2.05, 4.69) is 30.2 Å². The quantitative estimate of drug-likeness (QED) is 0.611. The van der Waals surface area contributed by atoms with Gasteiger partial charge in [-0.05, 0) is 42.9 Å². The van der Waals surface area contributed by atoms with Crippen LogP contribution < -0.4 is 10.2 Å². The number of carbonyl (C=O) groups is 1. The van der Waals surface area contributed by atoms with Crippen LogP contribution in [-0.2, 0) is 4.79 Å². The molecule has 1 unspecified atom stereocenters. The Labute approximate surface area is 168 Å². The van der Waals surface area contributed by atoms with Crippen LogP contribution in [0.5, 0.6) is 0 Å². The van der Waals surface area contributed by atoms with Gasteiger partial charge in [-0.15, -0.1) is 0 Å². The van der Waals surface area contributed by atoms with E-state index in [9.17, 15) is 9.90 Å². The molecule has 1 spiro atoms. The van der Waals surface area contributed by atoms with Crippen LogP contribution in [0.4, 0.5) is 5.82 Å².